The standard InChI is InChI=1S/C19H25N3OS2/c1-24-16-4-2-14(3-5-16)17(12-21-19(23)6-9-20)22-10-7-18-15(13-22)8-11-25-18/h2-5,8,11,17H,6-7,9-10,12-13,20H2,1H3,(H,21,23). The van der Waals surface area contributed by atoms with Crippen LogP contribution in [-0.4, -0.2) is 36.7 Å². The summed E-state index contributed by atoms with van der Waals surface area (Å²) >= 11 is 3.60. The summed E-state index contributed by atoms with van der Waals surface area (Å²) in [6.07, 6.45) is 3.55. The van der Waals surface area contributed by atoms with Gasteiger partial charge in [-0.05, 0) is 47.4 Å². The van der Waals surface area contributed by atoms with Gasteiger partial charge in [0.05, 0.1) is 6.04 Å². The van der Waals surface area contributed by atoms with Crippen LogP contribution in [0.4, 0.5) is 0 Å². The van der Waals surface area contributed by atoms with E-state index in [1.165, 1.54) is 20.9 Å². The molecule has 2 aromatic rings. The van der Waals surface area contributed by atoms with Gasteiger partial charge in [0.25, 0.3) is 0 Å². The van der Waals surface area contributed by atoms with Crippen molar-refractivity contribution in [3.8, 4) is 0 Å². The number of benzene rings is 1. The molecule has 1 aromatic heterocycles. The highest BCUT2D eigenvalue weighted by molar-refractivity contribution is 7.98. The molecule has 0 fully saturated rings. The van der Waals surface area contributed by atoms with Gasteiger partial charge in [-0.2, -0.15) is 0 Å². The number of carbonyl (C=O) groups excluding carboxylic acids is 1. The van der Waals surface area contributed by atoms with Gasteiger partial charge < -0.3 is 11.1 Å². The van der Waals surface area contributed by atoms with Crippen molar-refractivity contribution in [2.45, 2.75) is 30.3 Å². The Bertz CT molecular complexity index is 699. The number of nitrogens with one attached hydrogen (secondary N) is 1. The predicted octanol–water partition coefficient (Wildman–Crippen LogP) is 3.03. The van der Waals surface area contributed by atoms with Crippen molar-refractivity contribution < 1.29 is 4.79 Å². The second-order valence-corrected chi connectivity index (χ2v) is 8.10. The lowest BCUT2D eigenvalue weighted by Crippen LogP contribution is -2.40. The highest BCUT2D eigenvalue weighted by atomic mass is 32.2. The van der Waals surface area contributed by atoms with E-state index in [4.69, 9.17) is 5.73 Å². The average Bonchev–Trinajstić information content (AvgIpc) is 3.10. The van der Waals surface area contributed by atoms with Crippen molar-refractivity contribution in [2.24, 2.45) is 5.73 Å². The van der Waals surface area contributed by atoms with Gasteiger partial charge in [0.1, 0.15) is 0 Å². The lowest BCUT2D eigenvalue weighted by molar-refractivity contribution is -0.121. The van der Waals surface area contributed by atoms with Crippen LogP contribution in [0.5, 0.6) is 0 Å². The van der Waals surface area contributed by atoms with E-state index in [-0.39, 0.29) is 11.9 Å². The summed E-state index contributed by atoms with van der Waals surface area (Å²) in [5.74, 6) is 0.0291. The van der Waals surface area contributed by atoms with Crippen molar-refractivity contribution in [2.75, 3.05) is 25.9 Å². The van der Waals surface area contributed by atoms with Crippen molar-refractivity contribution in [3.63, 3.8) is 0 Å². The zero-order chi connectivity index (χ0) is 17.6. The summed E-state index contributed by atoms with van der Waals surface area (Å²) in [5, 5.41) is 5.24. The molecule has 0 saturated heterocycles. The second-order valence-electron chi connectivity index (χ2n) is 6.22. The van der Waals surface area contributed by atoms with E-state index in [1.807, 2.05) is 11.3 Å². The summed E-state index contributed by atoms with van der Waals surface area (Å²) in [7, 11) is 0. The van der Waals surface area contributed by atoms with E-state index in [0.29, 0.717) is 19.5 Å². The minimum Gasteiger partial charge on any atom is -0.354 e. The summed E-state index contributed by atoms with van der Waals surface area (Å²) in [6, 6.07) is 11.1. The minimum atomic E-state index is 0.0291. The van der Waals surface area contributed by atoms with Gasteiger partial charge in [0, 0.05) is 42.4 Å². The molecule has 0 radical (unpaired) electrons. The maximum atomic E-state index is 11.9. The van der Waals surface area contributed by atoms with Crippen molar-refractivity contribution in [1.82, 2.24) is 10.2 Å². The molecule has 1 aliphatic heterocycles. The van der Waals surface area contributed by atoms with Crippen molar-refractivity contribution in [3.05, 3.63) is 51.7 Å². The number of rotatable bonds is 7. The Balaban J connectivity index is 1.77. The Morgan fingerprint density at radius 3 is 2.88 bits per heavy atom. The molecule has 6 heteroatoms. The summed E-state index contributed by atoms with van der Waals surface area (Å²) in [6.45, 7) is 2.98. The Labute approximate surface area is 157 Å². The molecule has 2 heterocycles. The van der Waals surface area contributed by atoms with E-state index in [1.54, 1.807) is 11.8 Å². The molecule has 0 aliphatic carbocycles. The first-order valence-electron chi connectivity index (χ1n) is 8.61. The molecule has 3 N–H and O–H groups in total. The van der Waals surface area contributed by atoms with Gasteiger partial charge in [-0.25, -0.2) is 0 Å². The van der Waals surface area contributed by atoms with Gasteiger partial charge in [-0.1, -0.05) is 12.1 Å². The molecule has 0 spiro atoms. The van der Waals surface area contributed by atoms with E-state index >= 15 is 0 Å². The molecular formula is C19H25N3OS2. The Morgan fingerprint density at radius 2 is 2.16 bits per heavy atom. The van der Waals surface area contributed by atoms with Gasteiger partial charge in [-0.15, -0.1) is 23.1 Å². The van der Waals surface area contributed by atoms with Crippen LogP contribution in [0.1, 0.15) is 28.5 Å². The number of thiophene rings is 1. The fourth-order valence-corrected chi connectivity index (χ4v) is 4.55. The molecule has 25 heavy (non-hydrogen) atoms. The maximum absolute atomic E-state index is 11.9. The highest BCUT2D eigenvalue weighted by Gasteiger charge is 2.25. The zero-order valence-electron chi connectivity index (χ0n) is 14.5. The number of nitrogens with zero attached hydrogens (tertiary/aromatic N) is 1. The van der Waals surface area contributed by atoms with Crippen LogP contribution in [0.25, 0.3) is 0 Å². The first-order valence-corrected chi connectivity index (χ1v) is 10.7. The van der Waals surface area contributed by atoms with Crippen LogP contribution >= 0.6 is 23.1 Å². The fraction of sp³-hybridized carbons (Fsp3) is 0.421. The number of fused-ring (bicyclic) bond motifs is 1. The first kappa shape index (κ1) is 18.5. The normalized spacial score (nSPS) is 15.6. The average molecular weight is 376 g/mol. The van der Waals surface area contributed by atoms with E-state index < -0.39 is 0 Å². The molecule has 3 rings (SSSR count). The van der Waals surface area contributed by atoms with E-state index in [0.717, 1.165) is 19.5 Å². The molecule has 1 atom stereocenters. The summed E-state index contributed by atoms with van der Waals surface area (Å²) < 4.78 is 0. The number of hydrogen-bond acceptors (Lipinski definition) is 5. The predicted molar refractivity (Wildman–Crippen MR) is 106 cm³/mol. The number of amides is 1. The lowest BCUT2D eigenvalue weighted by atomic mass is 10.0. The summed E-state index contributed by atoms with van der Waals surface area (Å²) in [5.41, 5.74) is 8.17. The van der Waals surface area contributed by atoms with Crippen LogP contribution in [0.2, 0.25) is 0 Å². The molecule has 134 valence electrons. The van der Waals surface area contributed by atoms with Gasteiger partial charge in [0.2, 0.25) is 5.91 Å². The maximum Gasteiger partial charge on any atom is 0.221 e. The number of nitrogens with two attached hydrogens (primary N) is 1. The van der Waals surface area contributed by atoms with E-state index in [2.05, 4.69) is 52.2 Å². The largest absolute Gasteiger partial charge is 0.354 e. The molecule has 1 aliphatic rings. The first-order chi connectivity index (χ1) is 12.2. The molecule has 0 bridgehead atoms. The molecule has 1 amide bonds. The van der Waals surface area contributed by atoms with Crippen LogP contribution in [-0.2, 0) is 17.8 Å². The van der Waals surface area contributed by atoms with E-state index in [9.17, 15) is 4.79 Å². The van der Waals surface area contributed by atoms with Crippen molar-refractivity contribution >= 4 is 29.0 Å². The quantitative estimate of drug-likeness (QED) is 0.731. The topological polar surface area (TPSA) is 58.4 Å². The smallest absolute Gasteiger partial charge is 0.221 e. The van der Waals surface area contributed by atoms with Crippen LogP contribution in [0.3, 0.4) is 0 Å². The number of thioether (sulfide) groups is 1. The monoisotopic (exact) mass is 375 g/mol. The van der Waals surface area contributed by atoms with Crippen molar-refractivity contribution in [1.29, 1.82) is 0 Å². The fourth-order valence-electron chi connectivity index (χ4n) is 3.25. The molecule has 1 unspecified atom stereocenters. The zero-order valence-corrected chi connectivity index (χ0v) is 16.2. The Hall–Kier alpha value is -1.34. The van der Waals surface area contributed by atoms with Gasteiger partial charge >= 0.3 is 0 Å². The molecule has 1 aromatic carbocycles. The Morgan fingerprint density at radius 1 is 1.36 bits per heavy atom. The van der Waals surface area contributed by atoms with Gasteiger partial charge in [-0.3, -0.25) is 9.69 Å². The number of carbonyl (C=O) groups is 1. The third-order valence-electron chi connectivity index (χ3n) is 4.64. The third kappa shape index (κ3) is 4.64. The van der Waals surface area contributed by atoms with Crippen LogP contribution in [0, 0.1) is 0 Å². The Kier molecular flexibility index (Phi) is 6.53. The minimum absolute atomic E-state index is 0.0291. The highest BCUT2D eigenvalue weighted by Crippen LogP contribution is 2.31. The van der Waals surface area contributed by atoms with Gasteiger partial charge in [0.15, 0.2) is 0 Å². The van der Waals surface area contributed by atoms with Crippen LogP contribution < -0.4 is 11.1 Å². The molecule has 4 nitrogen and oxygen atoms in total. The summed E-state index contributed by atoms with van der Waals surface area (Å²) in [4.78, 5) is 17.1. The lowest BCUT2D eigenvalue weighted by Gasteiger charge is -2.35. The third-order valence-corrected chi connectivity index (χ3v) is 6.41. The molecular weight excluding hydrogens is 350 g/mol. The SMILES string of the molecule is CSc1ccc(C(CNC(=O)CCN)N2CCc3sccc3C2)cc1. The number of hydrogen-bond donors (Lipinski definition) is 2. The molecule has 0 saturated carbocycles. The second kappa shape index (κ2) is 8.85. The van der Waals surface area contributed by atoms with Crippen LogP contribution in [0.15, 0.2) is 40.6 Å².